The van der Waals surface area contributed by atoms with Gasteiger partial charge in [-0.3, -0.25) is 0 Å². The first kappa shape index (κ1) is 21.4. The molecule has 0 aromatic carbocycles. The molecular weight excluding hydrogens is 446 g/mol. The van der Waals surface area contributed by atoms with Crippen molar-refractivity contribution in [3.05, 3.63) is 29.7 Å². The van der Waals surface area contributed by atoms with Gasteiger partial charge in [-0.25, -0.2) is 19.9 Å². The summed E-state index contributed by atoms with van der Waals surface area (Å²) in [5, 5.41) is 0.151. The normalized spacial score (nSPS) is 12.9. The Morgan fingerprint density at radius 1 is 0.839 bits per heavy atom. The molecule has 0 bridgehead atoms. The van der Waals surface area contributed by atoms with Crippen molar-refractivity contribution < 1.29 is 26.3 Å². The van der Waals surface area contributed by atoms with E-state index in [9.17, 15) is 26.3 Å². The van der Waals surface area contributed by atoms with Gasteiger partial charge in [-0.2, -0.15) is 26.3 Å². The summed E-state index contributed by atoms with van der Waals surface area (Å²) in [5.74, 6) is -0.303. The molecule has 4 aromatic heterocycles. The van der Waals surface area contributed by atoms with E-state index in [0.717, 1.165) is 22.4 Å². The molecule has 0 amide bonds. The number of rotatable bonds is 3. The van der Waals surface area contributed by atoms with Gasteiger partial charge >= 0.3 is 12.4 Å². The van der Waals surface area contributed by atoms with E-state index in [0.29, 0.717) is 17.1 Å². The molecule has 0 saturated heterocycles. The maximum Gasteiger partial charge on any atom is 0.449 e. The molecule has 0 atom stereocenters. The Kier molecular flexibility index (Phi) is 4.91. The van der Waals surface area contributed by atoms with Crippen molar-refractivity contribution >= 4 is 34.1 Å². The molecule has 6 nitrogen and oxygen atoms in total. The molecule has 0 radical (unpaired) electrons. The second-order valence-electron chi connectivity index (χ2n) is 6.64. The van der Waals surface area contributed by atoms with Gasteiger partial charge < -0.3 is 9.13 Å². The van der Waals surface area contributed by atoms with E-state index in [4.69, 9.17) is 0 Å². The van der Waals surface area contributed by atoms with Crippen LogP contribution in [0.1, 0.15) is 18.4 Å². The van der Waals surface area contributed by atoms with Crippen molar-refractivity contribution in [3.63, 3.8) is 0 Å². The van der Waals surface area contributed by atoms with Gasteiger partial charge in [-0.05, 0) is 24.0 Å². The van der Waals surface area contributed by atoms with Gasteiger partial charge in [-0.15, -0.1) is 11.8 Å². The third-order valence-corrected chi connectivity index (χ3v) is 5.47. The van der Waals surface area contributed by atoms with Crippen LogP contribution in [0.4, 0.5) is 26.3 Å². The highest BCUT2D eigenvalue weighted by Crippen LogP contribution is 2.36. The minimum absolute atomic E-state index is 0.0145. The Morgan fingerprint density at radius 2 is 1.48 bits per heavy atom. The fourth-order valence-electron chi connectivity index (χ4n) is 3.22. The van der Waals surface area contributed by atoms with Gasteiger partial charge in [0.2, 0.25) is 5.82 Å². The molecule has 0 N–H and O–H groups in total. The van der Waals surface area contributed by atoms with Gasteiger partial charge in [-0.1, -0.05) is 6.92 Å². The summed E-state index contributed by atoms with van der Waals surface area (Å²) in [6.45, 7) is 1.78. The number of imidazole rings is 2. The van der Waals surface area contributed by atoms with Crippen LogP contribution in [0.5, 0.6) is 0 Å². The van der Waals surface area contributed by atoms with E-state index in [-0.39, 0.29) is 27.4 Å². The molecule has 4 aromatic rings. The standard InChI is InChI=1S/C18H14F6N6S/c1-4-31-15-8(5-6-11(27-15)17(19,20)21)12-25-9-7-10-14(28-13(9)29(12)2)30(3)16(26-10)18(22,23)24/h5-7H,4H2,1-3H3. The van der Waals surface area contributed by atoms with Crippen LogP contribution in [0.3, 0.4) is 0 Å². The Morgan fingerprint density at radius 3 is 2.10 bits per heavy atom. The van der Waals surface area contributed by atoms with Gasteiger partial charge in [0, 0.05) is 19.7 Å². The van der Waals surface area contributed by atoms with Crippen LogP contribution in [-0.2, 0) is 26.4 Å². The van der Waals surface area contributed by atoms with Crippen LogP contribution in [0.25, 0.3) is 33.7 Å². The molecule has 13 heteroatoms. The maximum absolute atomic E-state index is 13.1. The van der Waals surface area contributed by atoms with E-state index in [1.54, 1.807) is 14.0 Å². The number of nitrogens with zero attached hydrogens (tertiary/aromatic N) is 6. The molecule has 31 heavy (non-hydrogen) atoms. The molecule has 0 spiro atoms. The third-order valence-electron chi connectivity index (χ3n) is 4.59. The summed E-state index contributed by atoms with van der Waals surface area (Å²) >= 11 is 1.13. The summed E-state index contributed by atoms with van der Waals surface area (Å²) in [4.78, 5) is 16.0. The number of aryl methyl sites for hydroxylation is 2. The minimum atomic E-state index is -4.64. The number of pyridine rings is 2. The lowest BCUT2D eigenvalue weighted by Crippen LogP contribution is -2.12. The van der Waals surface area contributed by atoms with Crippen molar-refractivity contribution in [3.8, 4) is 11.4 Å². The number of hydrogen-bond donors (Lipinski definition) is 0. The molecule has 4 heterocycles. The minimum Gasteiger partial charge on any atom is -0.312 e. The number of alkyl halides is 6. The highest BCUT2D eigenvalue weighted by Gasteiger charge is 2.37. The number of halogens is 6. The van der Waals surface area contributed by atoms with Crippen LogP contribution < -0.4 is 0 Å². The molecule has 164 valence electrons. The largest absolute Gasteiger partial charge is 0.449 e. The van der Waals surface area contributed by atoms with Gasteiger partial charge in [0.15, 0.2) is 11.3 Å². The molecule has 0 aliphatic heterocycles. The van der Waals surface area contributed by atoms with E-state index < -0.39 is 23.9 Å². The van der Waals surface area contributed by atoms with Crippen molar-refractivity contribution in [2.24, 2.45) is 14.1 Å². The zero-order valence-electron chi connectivity index (χ0n) is 16.3. The first-order valence-corrected chi connectivity index (χ1v) is 9.89. The van der Waals surface area contributed by atoms with E-state index in [2.05, 4.69) is 19.9 Å². The topological polar surface area (TPSA) is 61.4 Å². The second kappa shape index (κ2) is 7.11. The molecule has 0 fully saturated rings. The van der Waals surface area contributed by atoms with Crippen molar-refractivity contribution in [1.29, 1.82) is 0 Å². The van der Waals surface area contributed by atoms with Crippen LogP contribution in [-0.4, -0.2) is 34.8 Å². The number of thioether (sulfide) groups is 1. The Balaban J connectivity index is 1.91. The predicted octanol–water partition coefficient (Wildman–Crippen LogP) is 5.07. The van der Waals surface area contributed by atoms with E-state index >= 15 is 0 Å². The summed E-state index contributed by atoms with van der Waals surface area (Å²) < 4.78 is 81.0. The molecule has 0 unspecified atom stereocenters. The third kappa shape index (κ3) is 3.60. The smallest absolute Gasteiger partial charge is 0.312 e. The fourth-order valence-corrected chi connectivity index (χ4v) is 3.97. The zero-order valence-corrected chi connectivity index (χ0v) is 17.1. The fraction of sp³-hybridized carbons (Fsp3) is 0.333. The van der Waals surface area contributed by atoms with Gasteiger partial charge in [0.1, 0.15) is 27.6 Å². The molecular formula is C18H14F6N6S. The average Bonchev–Trinajstić information content (AvgIpc) is 3.17. The number of aromatic nitrogens is 6. The lowest BCUT2D eigenvalue weighted by Gasteiger charge is -2.11. The lowest BCUT2D eigenvalue weighted by atomic mass is 10.2. The van der Waals surface area contributed by atoms with Crippen LogP contribution in [0.2, 0.25) is 0 Å². The van der Waals surface area contributed by atoms with Crippen molar-refractivity contribution in [2.75, 3.05) is 5.75 Å². The number of hydrogen-bond acceptors (Lipinski definition) is 5. The number of fused-ring (bicyclic) bond motifs is 2. The van der Waals surface area contributed by atoms with E-state index in [1.165, 1.54) is 23.7 Å². The van der Waals surface area contributed by atoms with Crippen LogP contribution >= 0.6 is 11.8 Å². The molecule has 0 aliphatic rings. The summed E-state index contributed by atoms with van der Waals surface area (Å²) in [6.07, 6.45) is -9.23. The van der Waals surface area contributed by atoms with Crippen molar-refractivity contribution in [1.82, 2.24) is 29.1 Å². The second-order valence-corrected chi connectivity index (χ2v) is 7.89. The van der Waals surface area contributed by atoms with Gasteiger partial charge in [0.05, 0.1) is 0 Å². The molecule has 4 rings (SSSR count). The summed E-state index contributed by atoms with van der Waals surface area (Å²) in [6, 6.07) is 3.53. The first-order chi connectivity index (χ1) is 14.4. The monoisotopic (exact) mass is 460 g/mol. The molecule has 0 saturated carbocycles. The quantitative estimate of drug-likeness (QED) is 0.316. The van der Waals surface area contributed by atoms with Crippen LogP contribution in [0.15, 0.2) is 23.2 Å². The van der Waals surface area contributed by atoms with E-state index in [1.807, 2.05) is 0 Å². The molecule has 0 aliphatic carbocycles. The maximum atomic E-state index is 13.1. The zero-order chi connectivity index (χ0) is 22.7. The highest BCUT2D eigenvalue weighted by molar-refractivity contribution is 7.99. The Bertz CT molecular complexity index is 1300. The predicted molar refractivity (Wildman–Crippen MR) is 102 cm³/mol. The summed E-state index contributed by atoms with van der Waals surface area (Å²) in [5.41, 5.74) is -0.0773. The Hall–Kier alpha value is -2.83. The average molecular weight is 460 g/mol. The van der Waals surface area contributed by atoms with Gasteiger partial charge in [0.25, 0.3) is 0 Å². The SMILES string of the molecule is CCSc1nc(C(F)(F)F)ccc1-c1nc2cc3nc(C(F)(F)F)n(C)c3nc2n1C. The lowest BCUT2D eigenvalue weighted by molar-refractivity contribution is -0.146. The highest BCUT2D eigenvalue weighted by atomic mass is 32.2. The summed E-state index contributed by atoms with van der Waals surface area (Å²) in [7, 11) is 2.80. The van der Waals surface area contributed by atoms with Crippen molar-refractivity contribution in [2.45, 2.75) is 24.3 Å². The van der Waals surface area contributed by atoms with Crippen LogP contribution in [0, 0.1) is 0 Å². The Labute approximate surface area is 175 Å². The first-order valence-electron chi connectivity index (χ1n) is 8.90.